The van der Waals surface area contributed by atoms with Gasteiger partial charge in [0.05, 0.1) is 5.69 Å². The van der Waals surface area contributed by atoms with Gasteiger partial charge in [0.1, 0.15) is 0 Å². The topological polar surface area (TPSA) is 46.2 Å². The second kappa shape index (κ2) is 6.07. The summed E-state index contributed by atoms with van der Waals surface area (Å²) < 4.78 is 0. The highest BCUT2D eigenvalue weighted by molar-refractivity contribution is 6.32. The van der Waals surface area contributed by atoms with Crippen molar-refractivity contribution in [3.05, 3.63) is 63.6 Å². The fourth-order valence-corrected chi connectivity index (χ4v) is 2.15. The summed E-state index contributed by atoms with van der Waals surface area (Å²) in [6, 6.07) is 11.3. The SMILES string of the molecule is CC(=O)Nc1ccc(Cl)cc1C(=O)c1cccc(Cl)c1. The first kappa shape index (κ1) is 14.6. The van der Waals surface area contributed by atoms with Gasteiger partial charge in [0.25, 0.3) is 0 Å². The second-order valence-electron chi connectivity index (χ2n) is 4.21. The molecule has 0 aromatic heterocycles. The van der Waals surface area contributed by atoms with Gasteiger partial charge < -0.3 is 5.32 Å². The van der Waals surface area contributed by atoms with Crippen LogP contribution in [-0.2, 0) is 4.79 Å². The number of halogens is 2. The van der Waals surface area contributed by atoms with E-state index in [9.17, 15) is 9.59 Å². The lowest BCUT2D eigenvalue weighted by Gasteiger charge is -2.10. The first-order valence-electron chi connectivity index (χ1n) is 5.85. The molecule has 102 valence electrons. The molecule has 0 fully saturated rings. The standard InChI is InChI=1S/C15H11Cl2NO2/c1-9(19)18-14-6-5-12(17)8-13(14)15(20)10-3-2-4-11(16)7-10/h2-8H,1H3,(H,18,19). The van der Waals surface area contributed by atoms with Gasteiger partial charge >= 0.3 is 0 Å². The van der Waals surface area contributed by atoms with Crippen LogP contribution in [0.3, 0.4) is 0 Å². The van der Waals surface area contributed by atoms with Crippen LogP contribution in [0.25, 0.3) is 0 Å². The molecule has 1 amide bonds. The van der Waals surface area contributed by atoms with E-state index < -0.39 is 0 Å². The van der Waals surface area contributed by atoms with Gasteiger partial charge in [-0.2, -0.15) is 0 Å². The van der Waals surface area contributed by atoms with Crippen LogP contribution in [0.5, 0.6) is 0 Å². The molecule has 1 N–H and O–H groups in total. The predicted octanol–water partition coefficient (Wildman–Crippen LogP) is 4.18. The van der Waals surface area contributed by atoms with Crippen molar-refractivity contribution in [3.8, 4) is 0 Å². The summed E-state index contributed by atoms with van der Waals surface area (Å²) in [4.78, 5) is 23.7. The number of hydrogen-bond acceptors (Lipinski definition) is 2. The zero-order valence-corrected chi connectivity index (χ0v) is 12.1. The fourth-order valence-electron chi connectivity index (χ4n) is 1.79. The summed E-state index contributed by atoms with van der Waals surface area (Å²) in [7, 11) is 0. The quantitative estimate of drug-likeness (QED) is 0.865. The minimum Gasteiger partial charge on any atom is -0.326 e. The number of amides is 1. The van der Waals surface area contributed by atoms with Crippen molar-refractivity contribution < 1.29 is 9.59 Å². The van der Waals surface area contributed by atoms with E-state index in [2.05, 4.69) is 5.32 Å². The number of benzene rings is 2. The maximum absolute atomic E-state index is 12.5. The summed E-state index contributed by atoms with van der Waals surface area (Å²) in [6.45, 7) is 1.38. The van der Waals surface area contributed by atoms with Crippen molar-refractivity contribution >= 4 is 40.6 Å². The van der Waals surface area contributed by atoms with Gasteiger partial charge in [0.2, 0.25) is 5.91 Å². The third-order valence-corrected chi connectivity index (χ3v) is 3.09. The third-order valence-electron chi connectivity index (χ3n) is 2.62. The van der Waals surface area contributed by atoms with Crippen molar-refractivity contribution in [2.24, 2.45) is 0 Å². The van der Waals surface area contributed by atoms with E-state index in [1.165, 1.54) is 13.0 Å². The molecule has 0 atom stereocenters. The van der Waals surface area contributed by atoms with E-state index in [1.54, 1.807) is 36.4 Å². The molecule has 0 saturated carbocycles. The Morgan fingerprint density at radius 3 is 2.35 bits per heavy atom. The predicted molar refractivity (Wildman–Crippen MR) is 80.6 cm³/mol. The second-order valence-corrected chi connectivity index (χ2v) is 5.08. The monoisotopic (exact) mass is 307 g/mol. The fraction of sp³-hybridized carbons (Fsp3) is 0.0667. The minimum atomic E-state index is -0.257. The van der Waals surface area contributed by atoms with Gasteiger partial charge in [0.15, 0.2) is 5.78 Å². The maximum atomic E-state index is 12.5. The molecule has 0 radical (unpaired) electrons. The third kappa shape index (κ3) is 3.38. The summed E-state index contributed by atoms with van der Waals surface area (Å²) in [6.07, 6.45) is 0. The van der Waals surface area contributed by atoms with Crippen molar-refractivity contribution in [1.82, 2.24) is 0 Å². The van der Waals surface area contributed by atoms with E-state index in [0.717, 1.165) is 0 Å². The van der Waals surface area contributed by atoms with E-state index in [0.29, 0.717) is 26.9 Å². The molecule has 0 bridgehead atoms. The first-order chi connectivity index (χ1) is 9.47. The highest BCUT2D eigenvalue weighted by Gasteiger charge is 2.15. The number of ketones is 1. The van der Waals surface area contributed by atoms with E-state index in [-0.39, 0.29) is 11.7 Å². The average Bonchev–Trinajstić information content (AvgIpc) is 2.39. The Labute approximate surface area is 126 Å². The Balaban J connectivity index is 2.47. The molecule has 2 aromatic rings. The lowest BCUT2D eigenvalue weighted by Crippen LogP contribution is -2.11. The van der Waals surface area contributed by atoms with Crippen LogP contribution < -0.4 is 5.32 Å². The highest BCUT2D eigenvalue weighted by Crippen LogP contribution is 2.24. The van der Waals surface area contributed by atoms with Gasteiger partial charge in [-0.15, -0.1) is 0 Å². The van der Waals surface area contributed by atoms with Gasteiger partial charge in [0, 0.05) is 28.1 Å². The molecular weight excluding hydrogens is 297 g/mol. The summed E-state index contributed by atoms with van der Waals surface area (Å²) in [5, 5.41) is 3.51. The molecule has 3 nitrogen and oxygen atoms in total. The Morgan fingerprint density at radius 2 is 1.70 bits per heavy atom. The van der Waals surface area contributed by atoms with Crippen LogP contribution in [0.4, 0.5) is 5.69 Å². The Bertz CT molecular complexity index is 683. The van der Waals surface area contributed by atoms with Crippen LogP contribution in [0, 0.1) is 0 Å². The lowest BCUT2D eigenvalue weighted by molar-refractivity contribution is -0.114. The molecule has 20 heavy (non-hydrogen) atoms. The normalized spacial score (nSPS) is 10.2. The summed E-state index contributed by atoms with van der Waals surface area (Å²) >= 11 is 11.8. The van der Waals surface area contributed by atoms with Crippen LogP contribution in [-0.4, -0.2) is 11.7 Å². The minimum absolute atomic E-state index is 0.251. The van der Waals surface area contributed by atoms with Crippen molar-refractivity contribution in [3.63, 3.8) is 0 Å². The van der Waals surface area contributed by atoms with Crippen LogP contribution >= 0.6 is 23.2 Å². The Kier molecular flexibility index (Phi) is 4.42. The molecule has 0 aliphatic heterocycles. The molecule has 2 aromatic carbocycles. The maximum Gasteiger partial charge on any atom is 0.221 e. The van der Waals surface area contributed by atoms with Crippen molar-refractivity contribution in [2.75, 3.05) is 5.32 Å². The number of nitrogens with one attached hydrogen (secondary N) is 1. The zero-order chi connectivity index (χ0) is 14.7. The molecule has 0 saturated heterocycles. The molecule has 2 rings (SSSR count). The van der Waals surface area contributed by atoms with E-state index in [1.807, 2.05) is 0 Å². The van der Waals surface area contributed by atoms with E-state index >= 15 is 0 Å². The van der Waals surface area contributed by atoms with Crippen molar-refractivity contribution in [2.45, 2.75) is 6.92 Å². The Morgan fingerprint density at radius 1 is 1.00 bits per heavy atom. The molecule has 0 unspecified atom stereocenters. The molecule has 0 aliphatic carbocycles. The largest absolute Gasteiger partial charge is 0.326 e. The highest BCUT2D eigenvalue weighted by atomic mass is 35.5. The Hall–Kier alpha value is -1.84. The van der Waals surface area contributed by atoms with E-state index in [4.69, 9.17) is 23.2 Å². The molecule has 0 heterocycles. The number of rotatable bonds is 3. The van der Waals surface area contributed by atoms with Crippen LogP contribution in [0.1, 0.15) is 22.8 Å². The van der Waals surface area contributed by atoms with Gasteiger partial charge in [-0.1, -0.05) is 35.3 Å². The number of hydrogen-bond donors (Lipinski definition) is 1. The van der Waals surface area contributed by atoms with Gasteiger partial charge in [-0.3, -0.25) is 9.59 Å². The smallest absolute Gasteiger partial charge is 0.221 e. The summed E-state index contributed by atoms with van der Waals surface area (Å²) in [5.41, 5.74) is 1.19. The average molecular weight is 308 g/mol. The molecule has 0 aliphatic rings. The number of carbonyl (C=O) groups is 2. The first-order valence-corrected chi connectivity index (χ1v) is 6.60. The molecular formula is C15H11Cl2NO2. The van der Waals surface area contributed by atoms with Gasteiger partial charge in [-0.25, -0.2) is 0 Å². The lowest BCUT2D eigenvalue weighted by atomic mass is 10.0. The van der Waals surface area contributed by atoms with Crippen LogP contribution in [0.15, 0.2) is 42.5 Å². The van der Waals surface area contributed by atoms with Crippen LogP contribution in [0.2, 0.25) is 10.0 Å². The number of carbonyl (C=O) groups excluding carboxylic acids is 2. The molecule has 0 spiro atoms. The van der Waals surface area contributed by atoms with Crippen molar-refractivity contribution in [1.29, 1.82) is 0 Å². The number of anilines is 1. The molecule has 5 heteroatoms. The summed E-state index contributed by atoms with van der Waals surface area (Å²) in [5.74, 6) is -0.508. The zero-order valence-electron chi connectivity index (χ0n) is 10.6. The van der Waals surface area contributed by atoms with Gasteiger partial charge in [-0.05, 0) is 30.3 Å².